The molecule has 2 bridgehead atoms. The van der Waals surface area contributed by atoms with Gasteiger partial charge in [0.1, 0.15) is 9.67 Å². The molecule has 0 N–H and O–H groups in total. The fraction of sp³-hybridized carbons (Fsp3) is 1.00. The van der Waals surface area contributed by atoms with Crippen LogP contribution >= 0.6 is 92.8 Å². The molecule has 8 heteroatoms. The Hall–Kier alpha value is 2.32. The number of hydrogen-bond acceptors (Lipinski definition) is 0. The fourth-order valence-electron chi connectivity index (χ4n) is 3.62. The number of alkyl halides is 8. The van der Waals surface area contributed by atoms with Gasteiger partial charge in [-0.05, 0) is 6.42 Å². The third-order valence-electron chi connectivity index (χ3n) is 4.50. The van der Waals surface area contributed by atoms with Crippen molar-refractivity contribution < 1.29 is 0 Å². The zero-order valence-electron chi connectivity index (χ0n) is 8.90. The molecular formula is C10H10Cl8. The van der Waals surface area contributed by atoms with Gasteiger partial charge in [-0.1, -0.05) is 0 Å². The van der Waals surface area contributed by atoms with E-state index in [1.54, 1.807) is 0 Å². The molecule has 0 saturated heterocycles. The Bertz CT molecular complexity index is 326. The zero-order valence-corrected chi connectivity index (χ0v) is 14.9. The molecule has 2 aliphatic carbocycles. The quantitative estimate of drug-likeness (QED) is 0.524. The second kappa shape index (κ2) is 5.51. The van der Waals surface area contributed by atoms with Crippen molar-refractivity contribution in [2.75, 3.05) is 5.88 Å². The number of fused-ring (bicyclic) bond motifs is 2. The molecule has 0 aromatic carbocycles. The normalized spacial score (nSPS) is 51.7. The van der Waals surface area contributed by atoms with Crippen LogP contribution in [-0.4, -0.2) is 31.7 Å². The highest BCUT2D eigenvalue weighted by Crippen LogP contribution is 2.75. The molecular weight excluding hydrogens is 404 g/mol. The van der Waals surface area contributed by atoms with Gasteiger partial charge < -0.3 is 0 Å². The molecule has 0 aromatic rings. The van der Waals surface area contributed by atoms with E-state index in [4.69, 9.17) is 92.8 Å². The Balaban J connectivity index is 2.64. The zero-order chi connectivity index (χ0) is 13.9. The SMILES string of the molecule is ClCC1(C(Cl)Cl)[C@@H]2[C@@H](Cl)[C@H](Cl)[C@@]1(C(Cl)Cl)C[C@@H]2Cl. The summed E-state index contributed by atoms with van der Waals surface area (Å²) >= 11 is 50.1. The summed E-state index contributed by atoms with van der Waals surface area (Å²) in [6, 6.07) is 0. The summed E-state index contributed by atoms with van der Waals surface area (Å²) in [6.07, 6.45) is 0.511. The molecule has 0 spiro atoms. The molecule has 0 aliphatic heterocycles. The van der Waals surface area contributed by atoms with Crippen LogP contribution in [0.4, 0.5) is 0 Å². The van der Waals surface area contributed by atoms with Gasteiger partial charge in [0.05, 0.1) is 10.8 Å². The van der Waals surface area contributed by atoms with Crippen molar-refractivity contribution in [1.82, 2.24) is 0 Å². The van der Waals surface area contributed by atoms with E-state index in [-0.39, 0.29) is 17.2 Å². The highest BCUT2D eigenvalue weighted by molar-refractivity contribution is 6.48. The van der Waals surface area contributed by atoms with Gasteiger partial charge in [0, 0.05) is 28.0 Å². The summed E-state index contributed by atoms with van der Waals surface area (Å²) in [5.41, 5.74) is -1.53. The van der Waals surface area contributed by atoms with Crippen LogP contribution in [0.5, 0.6) is 0 Å². The largest absolute Gasteiger partial charge is 0.126 e. The average Bonchev–Trinajstić information content (AvgIpc) is 2.66. The second-order valence-electron chi connectivity index (χ2n) is 4.91. The van der Waals surface area contributed by atoms with Crippen molar-refractivity contribution in [2.24, 2.45) is 16.7 Å². The molecule has 2 saturated carbocycles. The molecule has 0 heterocycles. The topological polar surface area (TPSA) is 0 Å². The Labute approximate surface area is 146 Å². The van der Waals surface area contributed by atoms with E-state index in [0.717, 1.165) is 0 Å². The third kappa shape index (κ3) is 1.80. The summed E-state index contributed by atoms with van der Waals surface area (Å²) < 4.78 is 0. The van der Waals surface area contributed by atoms with Crippen LogP contribution in [0, 0.1) is 16.7 Å². The lowest BCUT2D eigenvalue weighted by atomic mass is 9.70. The fourth-order valence-corrected chi connectivity index (χ4v) is 8.11. The Kier molecular flexibility index (Phi) is 5.10. The molecule has 2 aliphatic rings. The minimum atomic E-state index is -0.784. The first kappa shape index (κ1) is 16.7. The van der Waals surface area contributed by atoms with Crippen molar-refractivity contribution in [3.63, 3.8) is 0 Å². The van der Waals surface area contributed by atoms with Gasteiger partial charge in [0.15, 0.2) is 0 Å². The minimum Gasteiger partial charge on any atom is -0.126 e. The van der Waals surface area contributed by atoms with Crippen LogP contribution in [-0.2, 0) is 0 Å². The van der Waals surface area contributed by atoms with Gasteiger partial charge in [-0.2, -0.15) is 0 Å². The standard InChI is InChI=1S/C10H10Cl8/c11-2-10(8(17)18)4-3(12)1-9(10,7(15)16)6(14)5(4)13/h3-8H,1-2H2/t3-,4-,5+,6-,9+,10?/m0/s1. The van der Waals surface area contributed by atoms with Crippen LogP contribution < -0.4 is 0 Å². The Morgan fingerprint density at radius 2 is 1.56 bits per heavy atom. The molecule has 2 fully saturated rings. The first-order valence-corrected chi connectivity index (χ1v) is 8.90. The van der Waals surface area contributed by atoms with E-state index in [2.05, 4.69) is 0 Å². The van der Waals surface area contributed by atoms with E-state index in [1.807, 2.05) is 0 Å². The summed E-state index contributed by atoms with van der Waals surface area (Å²) in [5.74, 6) is -0.0400. The molecule has 0 aromatic heterocycles. The lowest BCUT2D eigenvalue weighted by Crippen LogP contribution is -2.50. The van der Waals surface area contributed by atoms with Crippen molar-refractivity contribution in [2.45, 2.75) is 32.2 Å². The lowest BCUT2D eigenvalue weighted by Gasteiger charge is -2.45. The second-order valence-corrected chi connectivity index (χ2v) is 8.90. The predicted octanol–water partition coefficient (Wildman–Crippen LogP) is 5.66. The summed E-state index contributed by atoms with van der Waals surface area (Å²) in [6.45, 7) is 0. The van der Waals surface area contributed by atoms with Crippen molar-refractivity contribution >= 4 is 92.8 Å². The lowest BCUT2D eigenvalue weighted by molar-refractivity contribution is 0.144. The van der Waals surface area contributed by atoms with Gasteiger partial charge in [0.2, 0.25) is 0 Å². The van der Waals surface area contributed by atoms with Crippen molar-refractivity contribution in [3.8, 4) is 0 Å². The van der Waals surface area contributed by atoms with Crippen molar-refractivity contribution in [1.29, 1.82) is 0 Å². The van der Waals surface area contributed by atoms with Crippen LogP contribution in [0.1, 0.15) is 6.42 Å². The number of halogens is 8. The van der Waals surface area contributed by atoms with Crippen molar-refractivity contribution in [3.05, 3.63) is 0 Å². The maximum absolute atomic E-state index is 6.45. The van der Waals surface area contributed by atoms with Crippen LogP contribution in [0.3, 0.4) is 0 Å². The van der Waals surface area contributed by atoms with E-state index < -0.39 is 31.3 Å². The maximum atomic E-state index is 6.45. The molecule has 106 valence electrons. The molecule has 2 rings (SSSR count). The first-order valence-electron chi connectivity index (χ1n) is 5.31. The first-order chi connectivity index (χ1) is 8.27. The van der Waals surface area contributed by atoms with Gasteiger partial charge in [-0.25, -0.2) is 0 Å². The third-order valence-corrected chi connectivity index (χ3v) is 8.24. The van der Waals surface area contributed by atoms with Crippen LogP contribution in [0.15, 0.2) is 0 Å². The highest BCUT2D eigenvalue weighted by atomic mass is 35.5. The van der Waals surface area contributed by atoms with Crippen LogP contribution in [0.25, 0.3) is 0 Å². The molecule has 18 heavy (non-hydrogen) atoms. The Morgan fingerprint density at radius 1 is 1.00 bits per heavy atom. The minimum absolute atomic E-state index is 0.168. The summed E-state index contributed by atoms with van der Waals surface area (Å²) in [5, 5.41) is -1.10. The smallest absolute Gasteiger partial charge is 0.115 e. The van der Waals surface area contributed by atoms with E-state index in [1.165, 1.54) is 0 Å². The Morgan fingerprint density at radius 3 is 1.89 bits per heavy atom. The van der Waals surface area contributed by atoms with Gasteiger partial charge in [-0.15, -0.1) is 92.8 Å². The predicted molar refractivity (Wildman–Crippen MR) is 83.6 cm³/mol. The highest BCUT2D eigenvalue weighted by Gasteiger charge is 2.78. The van der Waals surface area contributed by atoms with E-state index in [0.29, 0.717) is 6.42 Å². The monoisotopic (exact) mass is 410 g/mol. The molecule has 0 radical (unpaired) electrons. The number of rotatable bonds is 3. The maximum Gasteiger partial charge on any atom is 0.115 e. The van der Waals surface area contributed by atoms with Gasteiger partial charge in [0.25, 0.3) is 0 Å². The van der Waals surface area contributed by atoms with Gasteiger partial charge in [-0.3, -0.25) is 0 Å². The number of hydrogen-bond donors (Lipinski definition) is 0. The van der Waals surface area contributed by atoms with Crippen LogP contribution in [0.2, 0.25) is 0 Å². The molecule has 0 nitrogen and oxygen atoms in total. The summed E-state index contributed by atoms with van der Waals surface area (Å²) in [4.78, 5) is -1.57. The average molecular weight is 414 g/mol. The van der Waals surface area contributed by atoms with Gasteiger partial charge >= 0.3 is 0 Å². The van der Waals surface area contributed by atoms with E-state index >= 15 is 0 Å². The molecule has 6 atom stereocenters. The van der Waals surface area contributed by atoms with E-state index in [9.17, 15) is 0 Å². The molecule has 1 unspecified atom stereocenters. The molecule has 0 amide bonds. The summed E-state index contributed by atoms with van der Waals surface area (Å²) in [7, 11) is 0.